The molecule has 2 rings (SSSR count). The van der Waals surface area contributed by atoms with E-state index in [0.29, 0.717) is 17.6 Å². The van der Waals surface area contributed by atoms with Crippen molar-refractivity contribution in [3.63, 3.8) is 0 Å². The standard InChI is InChI=1S/C13H19N3O3/c1-9-5-3-4-6-11(9)19-13-8-10(16(17)18)7-12(14-2)15-13/h7-9,11H,3-6H2,1-2H3,(H,14,15). The zero-order chi connectivity index (χ0) is 13.8. The Hall–Kier alpha value is -1.85. The molecule has 0 saturated heterocycles. The number of nitro groups is 1. The summed E-state index contributed by atoms with van der Waals surface area (Å²) in [6, 6.07) is 2.79. The lowest BCUT2D eigenvalue weighted by Crippen LogP contribution is -2.28. The third-order valence-corrected chi connectivity index (χ3v) is 3.56. The van der Waals surface area contributed by atoms with Gasteiger partial charge in [0, 0.05) is 7.05 Å². The van der Waals surface area contributed by atoms with Crippen LogP contribution in [0.5, 0.6) is 5.88 Å². The van der Waals surface area contributed by atoms with Crippen LogP contribution in [0.15, 0.2) is 12.1 Å². The van der Waals surface area contributed by atoms with Gasteiger partial charge in [-0.05, 0) is 25.2 Å². The maximum absolute atomic E-state index is 10.9. The number of anilines is 1. The molecule has 0 amide bonds. The smallest absolute Gasteiger partial charge is 0.278 e. The highest BCUT2D eigenvalue weighted by atomic mass is 16.6. The second-order valence-electron chi connectivity index (χ2n) is 4.97. The van der Waals surface area contributed by atoms with Crippen molar-refractivity contribution in [3.8, 4) is 5.88 Å². The summed E-state index contributed by atoms with van der Waals surface area (Å²) in [5.74, 6) is 1.25. The summed E-state index contributed by atoms with van der Waals surface area (Å²) in [6.45, 7) is 2.15. The molecule has 1 saturated carbocycles. The molecule has 2 unspecified atom stereocenters. The Kier molecular flexibility index (Phi) is 4.19. The highest BCUT2D eigenvalue weighted by molar-refractivity contribution is 5.47. The number of ether oxygens (including phenoxy) is 1. The molecule has 1 fully saturated rings. The third kappa shape index (κ3) is 3.33. The summed E-state index contributed by atoms with van der Waals surface area (Å²) in [6.07, 6.45) is 4.60. The van der Waals surface area contributed by atoms with Crippen LogP contribution in [-0.4, -0.2) is 23.1 Å². The molecule has 104 valence electrons. The zero-order valence-corrected chi connectivity index (χ0v) is 11.3. The average molecular weight is 265 g/mol. The number of pyridine rings is 1. The minimum Gasteiger partial charge on any atom is -0.474 e. The first-order valence-electron chi connectivity index (χ1n) is 6.61. The van der Waals surface area contributed by atoms with Crippen LogP contribution in [-0.2, 0) is 0 Å². The maximum Gasteiger partial charge on any atom is 0.278 e. The first kappa shape index (κ1) is 13.6. The van der Waals surface area contributed by atoms with Gasteiger partial charge in [0.25, 0.3) is 5.69 Å². The third-order valence-electron chi connectivity index (χ3n) is 3.56. The minimum absolute atomic E-state index is 0.00203. The van der Waals surface area contributed by atoms with Crippen LogP contribution in [0, 0.1) is 16.0 Å². The Bertz CT molecular complexity index is 464. The number of nitrogens with one attached hydrogen (secondary N) is 1. The van der Waals surface area contributed by atoms with E-state index in [1.54, 1.807) is 7.05 Å². The predicted octanol–water partition coefficient (Wildman–Crippen LogP) is 2.99. The molecule has 2 atom stereocenters. The number of hydrogen-bond donors (Lipinski definition) is 1. The van der Waals surface area contributed by atoms with E-state index in [1.807, 2.05) is 0 Å². The lowest BCUT2D eigenvalue weighted by Gasteiger charge is -2.28. The predicted molar refractivity (Wildman–Crippen MR) is 72.5 cm³/mol. The SMILES string of the molecule is CNc1cc([N+](=O)[O-])cc(OC2CCCCC2C)n1. The largest absolute Gasteiger partial charge is 0.474 e. The Labute approximate surface area is 112 Å². The van der Waals surface area contributed by atoms with Crippen LogP contribution in [0.2, 0.25) is 0 Å². The van der Waals surface area contributed by atoms with Crippen molar-refractivity contribution < 1.29 is 9.66 Å². The van der Waals surface area contributed by atoms with Crippen molar-refractivity contribution in [2.75, 3.05) is 12.4 Å². The van der Waals surface area contributed by atoms with Crippen molar-refractivity contribution in [2.24, 2.45) is 5.92 Å². The van der Waals surface area contributed by atoms with Gasteiger partial charge in [-0.1, -0.05) is 13.3 Å². The summed E-state index contributed by atoms with van der Waals surface area (Å²) in [4.78, 5) is 14.7. The molecule has 0 radical (unpaired) electrons. The first-order valence-corrected chi connectivity index (χ1v) is 6.61. The number of hydrogen-bond acceptors (Lipinski definition) is 5. The van der Waals surface area contributed by atoms with Gasteiger partial charge in [-0.3, -0.25) is 10.1 Å². The highest BCUT2D eigenvalue weighted by Gasteiger charge is 2.24. The second kappa shape index (κ2) is 5.86. The molecule has 0 aromatic carbocycles. The topological polar surface area (TPSA) is 77.3 Å². The average Bonchev–Trinajstić information content (AvgIpc) is 2.41. The fourth-order valence-electron chi connectivity index (χ4n) is 2.40. The summed E-state index contributed by atoms with van der Waals surface area (Å²) in [5, 5.41) is 13.7. The van der Waals surface area contributed by atoms with Gasteiger partial charge < -0.3 is 10.1 Å². The monoisotopic (exact) mass is 265 g/mol. The Balaban J connectivity index is 2.18. The van der Waals surface area contributed by atoms with Crippen molar-refractivity contribution in [1.82, 2.24) is 4.98 Å². The Morgan fingerprint density at radius 3 is 2.79 bits per heavy atom. The molecule has 1 aliphatic carbocycles. The first-order chi connectivity index (χ1) is 9.10. The normalized spacial score (nSPS) is 22.8. The Morgan fingerprint density at radius 1 is 1.42 bits per heavy atom. The van der Waals surface area contributed by atoms with Crippen LogP contribution in [0.4, 0.5) is 11.5 Å². The van der Waals surface area contributed by atoms with E-state index in [1.165, 1.54) is 18.6 Å². The molecule has 6 heteroatoms. The van der Waals surface area contributed by atoms with Crippen LogP contribution in [0.1, 0.15) is 32.6 Å². The summed E-state index contributed by atoms with van der Waals surface area (Å²) in [7, 11) is 1.68. The van der Waals surface area contributed by atoms with Gasteiger partial charge in [0.1, 0.15) is 11.9 Å². The van der Waals surface area contributed by atoms with Crippen molar-refractivity contribution in [3.05, 3.63) is 22.2 Å². The van der Waals surface area contributed by atoms with Gasteiger partial charge in [-0.25, -0.2) is 0 Å². The summed E-state index contributed by atoms with van der Waals surface area (Å²) < 4.78 is 5.85. The number of aromatic nitrogens is 1. The molecule has 0 aliphatic heterocycles. The molecule has 1 N–H and O–H groups in total. The van der Waals surface area contributed by atoms with E-state index in [9.17, 15) is 10.1 Å². The van der Waals surface area contributed by atoms with Crippen molar-refractivity contribution in [1.29, 1.82) is 0 Å². The molecule has 6 nitrogen and oxygen atoms in total. The van der Waals surface area contributed by atoms with Gasteiger partial charge in [0.15, 0.2) is 0 Å². The van der Waals surface area contributed by atoms with E-state index < -0.39 is 4.92 Å². The van der Waals surface area contributed by atoms with Crippen molar-refractivity contribution in [2.45, 2.75) is 38.7 Å². The van der Waals surface area contributed by atoms with Gasteiger partial charge in [-0.2, -0.15) is 4.98 Å². The molecule has 1 aliphatic rings. The quantitative estimate of drug-likeness (QED) is 0.669. The van der Waals surface area contributed by atoms with E-state index in [2.05, 4.69) is 17.2 Å². The molecule has 19 heavy (non-hydrogen) atoms. The van der Waals surface area contributed by atoms with Crippen LogP contribution in [0.3, 0.4) is 0 Å². The Morgan fingerprint density at radius 2 is 2.16 bits per heavy atom. The minimum atomic E-state index is -0.431. The van der Waals surface area contributed by atoms with Crippen molar-refractivity contribution >= 4 is 11.5 Å². The van der Waals surface area contributed by atoms with Gasteiger partial charge >= 0.3 is 0 Å². The van der Waals surface area contributed by atoms with E-state index in [4.69, 9.17) is 4.74 Å². The van der Waals surface area contributed by atoms with E-state index in [-0.39, 0.29) is 11.8 Å². The molecule has 0 bridgehead atoms. The van der Waals surface area contributed by atoms with Crippen LogP contribution < -0.4 is 10.1 Å². The van der Waals surface area contributed by atoms with Crippen LogP contribution in [0.25, 0.3) is 0 Å². The molecular weight excluding hydrogens is 246 g/mol. The van der Waals surface area contributed by atoms with Gasteiger partial charge in [0.05, 0.1) is 17.1 Å². The fourth-order valence-corrected chi connectivity index (χ4v) is 2.40. The molecular formula is C13H19N3O3. The number of rotatable bonds is 4. The number of nitrogens with zero attached hydrogens (tertiary/aromatic N) is 2. The van der Waals surface area contributed by atoms with Gasteiger partial charge in [-0.15, -0.1) is 0 Å². The van der Waals surface area contributed by atoms with Crippen LogP contribution >= 0.6 is 0 Å². The lowest BCUT2D eigenvalue weighted by atomic mass is 9.88. The van der Waals surface area contributed by atoms with E-state index in [0.717, 1.165) is 19.3 Å². The molecule has 1 aromatic heterocycles. The zero-order valence-electron chi connectivity index (χ0n) is 11.3. The summed E-state index contributed by atoms with van der Waals surface area (Å²) in [5.41, 5.74) is -0.00203. The highest BCUT2D eigenvalue weighted by Crippen LogP contribution is 2.29. The molecule has 0 spiro atoms. The molecule has 1 heterocycles. The maximum atomic E-state index is 10.9. The summed E-state index contributed by atoms with van der Waals surface area (Å²) >= 11 is 0. The fraction of sp³-hybridized carbons (Fsp3) is 0.615. The second-order valence-corrected chi connectivity index (χ2v) is 4.97. The molecule has 1 aromatic rings. The van der Waals surface area contributed by atoms with Gasteiger partial charge in [0.2, 0.25) is 5.88 Å². The lowest BCUT2D eigenvalue weighted by molar-refractivity contribution is -0.384. The van der Waals surface area contributed by atoms with E-state index >= 15 is 0 Å².